The number of rotatable bonds is 1. The Balaban J connectivity index is 1.89. The fourth-order valence-electron chi connectivity index (χ4n) is 2.39. The maximum Gasteiger partial charge on any atom is 0.256 e. The molecule has 0 unspecified atom stereocenters. The highest BCUT2D eigenvalue weighted by Crippen LogP contribution is 2.29. The standard InChI is InChI=1S/C13H17N3O2/c17-13(16-6-8-18-9-7-16)10-2-1-3-11-12(10)15-5-4-14-11/h1-3,14-15H,4-9H2. The summed E-state index contributed by atoms with van der Waals surface area (Å²) in [5, 5.41) is 6.61. The van der Waals surface area contributed by atoms with Crippen LogP contribution in [-0.4, -0.2) is 50.2 Å². The zero-order valence-corrected chi connectivity index (χ0v) is 10.2. The van der Waals surface area contributed by atoms with Gasteiger partial charge in [-0.25, -0.2) is 0 Å². The molecule has 2 N–H and O–H groups in total. The number of morpholine rings is 1. The van der Waals surface area contributed by atoms with E-state index < -0.39 is 0 Å². The molecule has 0 saturated carbocycles. The average molecular weight is 247 g/mol. The van der Waals surface area contributed by atoms with Gasteiger partial charge in [0.1, 0.15) is 0 Å². The number of para-hydroxylation sites is 1. The van der Waals surface area contributed by atoms with Crippen LogP contribution in [0.5, 0.6) is 0 Å². The summed E-state index contributed by atoms with van der Waals surface area (Å²) < 4.78 is 5.28. The first-order valence-electron chi connectivity index (χ1n) is 6.34. The number of nitrogens with zero attached hydrogens (tertiary/aromatic N) is 1. The summed E-state index contributed by atoms with van der Waals surface area (Å²) in [7, 11) is 0. The topological polar surface area (TPSA) is 53.6 Å². The van der Waals surface area contributed by atoms with E-state index in [-0.39, 0.29) is 5.91 Å². The first-order valence-corrected chi connectivity index (χ1v) is 6.34. The Morgan fingerprint density at radius 1 is 1.17 bits per heavy atom. The summed E-state index contributed by atoms with van der Waals surface area (Å²) in [6.07, 6.45) is 0. The first-order chi connectivity index (χ1) is 8.86. The van der Waals surface area contributed by atoms with E-state index in [2.05, 4.69) is 10.6 Å². The average Bonchev–Trinajstić information content (AvgIpc) is 2.47. The van der Waals surface area contributed by atoms with E-state index in [0.29, 0.717) is 26.3 Å². The third-order valence-electron chi connectivity index (χ3n) is 3.34. The Labute approximate surface area is 106 Å². The number of fused-ring (bicyclic) bond motifs is 1. The molecule has 1 fully saturated rings. The van der Waals surface area contributed by atoms with Gasteiger partial charge in [0.05, 0.1) is 30.2 Å². The Hall–Kier alpha value is -1.75. The van der Waals surface area contributed by atoms with E-state index in [4.69, 9.17) is 4.74 Å². The van der Waals surface area contributed by atoms with Crippen molar-refractivity contribution in [3.05, 3.63) is 23.8 Å². The van der Waals surface area contributed by atoms with Crippen LogP contribution in [0, 0.1) is 0 Å². The van der Waals surface area contributed by atoms with Gasteiger partial charge in [-0.2, -0.15) is 0 Å². The molecule has 5 nitrogen and oxygen atoms in total. The van der Waals surface area contributed by atoms with Crippen LogP contribution in [0.3, 0.4) is 0 Å². The van der Waals surface area contributed by atoms with Crippen molar-refractivity contribution in [2.24, 2.45) is 0 Å². The molecule has 18 heavy (non-hydrogen) atoms. The second-order valence-electron chi connectivity index (χ2n) is 4.49. The molecule has 0 radical (unpaired) electrons. The smallest absolute Gasteiger partial charge is 0.256 e. The third-order valence-corrected chi connectivity index (χ3v) is 3.34. The van der Waals surface area contributed by atoms with Gasteiger partial charge in [-0.3, -0.25) is 4.79 Å². The molecule has 0 aromatic heterocycles. The van der Waals surface area contributed by atoms with Gasteiger partial charge in [-0.05, 0) is 12.1 Å². The highest BCUT2D eigenvalue weighted by Gasteiger charge is 2.23. The monoisotopic (exact) mass is 247 g/mol. The number of ether oxygens (including phenoxy) is 1. The van der Waals surface area contributed by atoms with Gasteiger partial charge in [0.15, 0.2) is 0 Å². The number of anilines is 2. The molecule has 2 aliphatic heterocycles. The van der Waals surface area contributed by atoms with Crippen molar-refractivity contribution in [2.75, 3.05) is 50.0 Å². The SMILES string of the molecule is O=C(c1cccc2c1NCCN2)N1CCOCC1. The number of nitrogens with one attached hydrogen (secondary N) is 2. The lowest BCUT2D eigenvalue weighted by Crippen LogP contribution is -2.41. The van der Waals surface area contributed by atoms with Crippen molar-refractivity contribution in [2.45, 2.75) is 0 Å². The largest absolute Gasteiger partial charge is 0.382 e. The van der Waals surface area contributed by atoms with Crippen LogP contribution < -0.4 is 10.6 Å². The number of amides is 1. The van der Waals surface area contributed by atoms with Crippen molar-refractivity contribution >= 4 is 17.3 Å². The molecular weight excluding hydrogens is 230 g/mol. The number of carbonyl (C=O) groups is 1. The van der Waals surface area contributed by atoms with Gasteiger partial charge in [0.25, 0.3) is 5.91 Å². The number of hydrogen-bond acceptors (Lipinski definition) is 4. The lowest BCUT2D eigenvalue weighted by Gasteiger charge is -2.29. The normalized spacial score (nSPS) is 18.6. The molecule has 2 aliphatic rings. The lowest BCUT2D eigenvalue weighted by atomic mass is 10.1. The zero-order valence-electron chi connectivity index (χ0n) is 10.2. The minimum absolute atomic E-state index is 0.0892. The zero-order chi connectivity index (χ0) is 12.4. The summed E-state index contributed by atoms with van der Waals surface area (Å²) >= 11 is 0. The summed E-state index contributed by atoms with van der Waals surface area (Å²) in [5.41, 5.74) is 2.70. The molecule has 1 aromatic carbocycles. The molecular formula is C13H17N3O2. The number of benzene rings is 1. The van der Waals surface area contributed by atoms with Crippen LogP contribution >= 0.6 is 0 Å². The first kappa shape index (κ1) is 11.3. The second kappa shape index (κ2) is 4.86. The number of carbonyl (C=O) groups excluding carboxylic acids is 1. The fraction of sp³-hybridized carbons (Fsp3) is 0.462. The molecule has 96 valence electrons. The summed E-state index contributed by atoms with van der Waals surface area (Å²) in [4.78, 5) is 14.3. The van der Waals surface area contributed by atoms with Gasteiger partial charge in [0.2, 0.25) is 0 Å². The van der Waals surface area contributed by atoms with Crippen LogP contribution in [-0.2, 0) is 4.74 Å². The lowest BCUT2D eigenvalue weighted by molar-refractivity contribution is 0.0303. The highest BCUT2D eigenvalue weighted by molar-refractivity contribution is 6.02. The number of hydrogen-bond donors (Lipinski definition) is 2. The van der Waals surface area contributed by atoms with Crippen LogP contribution in [0.2, 0.25) is 0 Å². The van der Waals surface area contributed by atoms with Crippen molar-refractivity contribution < 1.29 is 9.53 Å². The molecule has 0 spiro atoms. The Morgan fingerprint density at radius 2 is 1.94 bits per heavy atom. The molecule has 0 aliphatic carbocycles. The molecule has 5 heteroatoms. The Morgan fingerprint density at radius 3 is 2.78 bits per heavy atom. The minimum Gasteiger partial charge on any atom is -0.382 e. The van der Waals surface area contributed by atoms with Gasteiger partial charge >= 0.3 is 0 Å². The predicted molar refractivity (Wildman–Crippen MR) is 70.1 cm³/mol. The van der Waals surface area contributed by atoms with Crippen molar-refractivity contribution in [3.8, 4) is 0 Å². The minimum atomic E-state index is 0.0892. The molecule has 1 saturated heterocycles. The Kier molecular flexibility index (Phi) is 3.06. The van der Waals surface area contributed by atoms with Gasteiger partial charge in [-0.1, -0.05) is 6.07 Å². The van der Waals surface area contributed by atoms with E-state index in [1.54, 1.807) is 0 Å². The van der Waals surface area contributed by atoms with Gasteiger partial charge < -0.3 is 20.3 Å². The van der Waals surface area contributed by atoms with Crippen molar-refractivity contribution in [3.63, 3.8) is 0 Å². The molecule has 0 atom stereocenters. The van der Waals surface area contributed by atoms with Crippen molar-refractivity contribution in [1.82, 2.24) is 4.90 Å². The summed E-state index contributed by atoms with van der Waals surface area (Å²) in [6.45, 7) is 4.35. The molecule has 1 aromatic rings. The van der Waals surface area contributed by atoms with E-state index in [9.17, 15) is 4.79 Å². The maximum absolute atomic E-state index is 12.5. The van der Waals surface area contributed by atoms with E-state index in [0.717, 1.165) is 30.0 Å². The van der Waals surface area contributed by atoms with Crippen LogP contribution in [0.15, 0.2) is 18.2 Å². The van der Waals surface area contributed by atoms with Crippen LogP contribution in [0.1, 0.15) is 10.4 Å². The molecule has 2 heterocycles. The molecule has 3 rings (SSSR count). The molecule has 0 bridgehead atoms. The summed E-state index contributed by atoms with van der Waals surface area (Å²) in [5.74, 6) is 0.0892. The third kappa shape index (κ3) is 2.01. The van der Waals surface area contributed by atoms with Crippen LogP contribution in [0.4, 0.5) is 11.4 Å². The fourth-order valence-corrected chi connectivity index (χ4v) is 2.39. The maximum atomic E-state index is 12.5. The second-order valence-corrected chi connectivity index (χ2v) is 4.49. The van der Waals surface area contributed by atoms with E-state index >= 15 is 0 Å². The van der Waals surface area contributed by atoms with Crippen LogP contribution in [0.25, 0.3) is 0 Å². The van der Waals surface area contributed by atoms with Gasteiger partial charge in [-0.15, -0.1) is 0 Å². The van der Waals surface area contributed by atoms with E-state index in [1.807, 2.05) is 23.1 Å². The Bertz CT molecular complexity index is 456. The predicted octanol–water partition coefficient (Wildman–Crippen LogP) is 0.996. The molecule has 1 amide bonds. The van der Waals surface area contributed by atoms with E-state index in [1.165, 1.54) is 0 Å². The van der Waals surface area contributed by atoms with Gasteiger partial charge in [0, 0.05) is 26.2 Å². The summed E-state index contributed by atoms with van der Waals surface area (Å²) in [6, 6.07) is 5.81. The van der Waals surface area contributed by atoms with Crippen molar-refractivity contribution in [1.29, 1.82) is 0 Å². The highest BCUT2D eigenvalue weighted by atomic mass is 16.5. The quantitative estimate of drug-likeness (QED) is 0.777.